The summed E-state index contributed by atoms with van der Waals surface area (Å²) in [6.07, 6.45) is -0.784. The number of carboxylic acid groups (broad SMARTS) is 1. The van der Waals surface area contributed by atoms with Crippen LogP contribution in [0.15, 0.2) is 28.4 Å². The number of nitrogens with zero attached hydrogens (tertiary/aromatic N) is 3. The number of fused-ring (bicyclic) bond motifs is 1. The highest BCUT2D eigenvalue weighted by Gasteiger charge is 2.31. The van der Waals surface area contributed by atoms with Gasteiger partial charge in [-0.05, 0) is 12.0 Å². The molecular formula is C19H21F3N6O3. The summed E-state index contributed by atoms with van der Waals surface area (Å²) in [4.78, 5) is 39.3. The van der Waals surface area contributed by atoms with E-state index in [0.717, 1.165) is 0 Å². The molecule has 0 saturated carbocycles. The lowest BCUT2D eigenvalue weighted by Gasteiger charge is -2.26. The number of rotatable bonds is 7. The van der Waals surface area contributed by atoms with Crippen molar-refractivity contribution in [3.05, 3.63) is 29.6 Å². The van der Waals surface area contributed by atoms with E-state index < -0.39 is 36.8 Å². The summed E-state index contributed by atoms with van der Waals surface area (Å²) in [6.45, 7) is 2.20. The van der Waals surface area contributed by atoms with Crippen LogP contribution in [0.5, 0.6) is 0 Å². The molecular weight excluding hydrogens is 417 g/mol. The summed E-state index contributed by atoms with van der Waals surface area (Å²) in [5.41, 5.74) is 1.48. The lowest BCUT2D eigenvalue weighted by Crippen LogP contribution is -2.53. The standard InChI is InChI=1S/C19H21F3N6O3/c1-9(2)15(17(29)26-8-19(20,21)22)28-14-7-23-6-13(27-14)12-5-25-16-11(12)3-10(4-24-16)18(30)31/h3-6,9,14-15,28H,7-8H2,1-2H3,(H,24,25)(H,26,29)(H,30,31). The van der Waals surface area contributed by atoms with Gasteiger partial charge in [-0.25, -0.2) is 9.78 Å². The Balaban J connectivity index is 1.81. The highest BCUT2D eigenvalue weighted by atomic mass is 19.4. The van der Waals surface area contributed by atoms with Gasteiger partial charge in [0, 0.05) is 29.6 Å². The molecule has 0 aromatic carbocycles. The van der Waals surface area contributed by atoms with Gasteiger partial charge in [0.25, 0.3) is 0 Å². The van der Waals surface area contributed by atoms with Gasteiger partial charge in [0.1, 0.15) is 18.4 Å². The smallest absolute Gasteiger partial charge is 0.405 e. The number of H-pyrrole nitrogens is 1. The fourth-order valence-electron chi connectivity index (χ4n) is 3.12. The van der Waals surface area contributed by atoms with Gasteiger partial charge in [-0.15, -0.1) is 0 Å². The Labute approximate surface area is 174 Å². The Morgan fingerprint density at radius 1 is 1.35 bits per heavy atom. The molecule has 0 fully saturated rings. The summed E-state index contributed by atoms with van der Waals surface area (Å²) >= 11 is 0. The molecule has 1 aliphatic heterocycles. The lowest BCUT2D eigenvalue weighted by atomic mass is 10.0. The number of carboxylic acids is 1. The third-order valence-corrected chi connectivity index (χ3v) is 4.62. The number of aromatic nitrogens is 2. The van der Waals surface area contributed by atoms with Crippen LogP contribution in [0, 0.1) is 5.92 Å². The monoisotopic (exact) mass is 438 g/mol. The zero-order chi connectivity index (χ0) is 22.8. The summed E-state index contributed by atoms with van der Waals surface area (Å²) < 4.78 is 37.3. The van der Waals surface area contributed by atoms with Crippen LogP contribution in [0.3, 0.4) is 0 Å². The number of aromatic amines is 1. The molecule has 2 atom stereocenters. The van der Waals surface area contributed by atoms with E-state index in [1.54, 1.807) is 20.0 Å². The molecule has 1 aliphatic rings. The molecule has 9 nitrogen and oxygen atoms in total. The van der Waals surface area contributed by atoms with Gasteiger partial charge in [-0.3, -0.25) is 20.1 Å². The van der Waals surface area contributed by atoms with Crippen molar-refractivity contribution < 1.29 is 27.9 Å². The number of carbonyl (C=O) groups is 2. The molecule has 2 unspecified atom stereocenters. The highest BCUT2D eigenvalue weighted by molar-refractivity contribution is 6.41. The van der Waals surface area contributed by atoms with E-state index in [-0.39, 0.29) is 18.0 Å². The maximum atomic E-state index is 12.4. The Kier molecular flexibility index (Phi) is 6.39. The number of aliphatic imine (C=N–C) groups is 2. The van der Waals surface area contributed by atoms with Crippen LogP contribution in [-0.4, -0.2) is 70.4 Å². The predicted molar refractivity (Wildman–Crippen MR) is 108 cm³/mol. The molecule has 2 aromatic heterocycles. The van der Waals surface area contributed by atoms with Crippen molar-refractivity contribution in [2.45, 2.75) is 32.2 Å². The molecule has 3 heterocycles. The average Bonchev–Trinajstić information content (AvgIpc) is 3.13. The average molecular weight is 438 g/mol. The number of alkyl halides is 3. The van der Waals surface area contributed by atoms with E-state index in [4.69, 9.17) is 0 Å². The van der Waals surface area contributed by atoms with Crippen LogP contribution in [0.4, 0.5) is 13.2 Å². The molecule has 0 bridgehead atoms. The molecule has 1 amide bonds. The van der Waals surface area contributed by atoms with Crippen molar-refractivity contribution in [2.75, 3.05) is 13.1 Å². The van der Waals surface area contributed by atoms with Crippen LogP contribution in [0.25, 0.3) is 11.0 Å². The number of carbonyl (C=O) groups excluding carboxylic acids is 1. The molecule has 31 heavy (non-hydrogen) atoms. The molecule has 4 N–H and O–H groups in total. The zero-order valence-electron chi connectivity index (χ0n) is 16.7. The maximum Gasteiger partial charge on any atom is 0.405 e. The third kappa shape index (κ3) is 5.45. The Bertz CT molecular complexity index is 1040. The first-order valence-electron chi connectivity index (χ1n) is 9.44. The van der Waals surface area contributed by atoms with Crippen molar-refractivity contribution in [3.63, 3.8) is 0 Å². The van der Waals surface area contributed by atoms with Gasteiger partial charge >= 0.3 is 12.1 Å². The van der Waals surface area contributed by atoms with Crippen LogP contribution in [-0.2, 0) is 4.79 Å². The topological polar surface area (TPSA) is 132 Å². The summed E-state index contributed by atoms with van der Waals surface area (Å²) in [5.74, 6) is -2.20. The van der Waals surface area contributed by atoms with E-state index in [1.807, 2.05) is 5.32 Å². The molecule has 0 spiro atoms. The van der Waals surface area contributed by atoms with Crippen LogP contribution in [0.2, 0.25) is 0 Å². The second-order valence-corrected chi connectivity index (χ2v) is 7.37. The lowest BCUT2D eigenvalue weighted by molar-refractivity contribution is -0.140. The highest BCUT2D eigenvalue weighted by Crippen LogP contribution is 2.20. The first-order chi connectivity index (χ1) is 14.5. The number of aromatic carboxylic acids is 1. The van der Waals surface area contributed by atoms with Crippen molar-refractivity contribution in [1.82, 2.24) is 20.6 Å². The maximum absolute atomic E-state index is 12.4. The summed E-state index contributed by atoms with van der Waals surface area (Å²) in [7, 11) is 0. The molecule has 0 saturated heterocycles. The number of hydrogen-bond donors (Lipinski definition) is 4. The van der Waals surface area contributed by atoms with Crippen LogP contribution < -0.4 is 10.6 Å². The van der Waals surface area contributed by atoms with E-state index >= 15 is 0 Å². The van der Waals surface area contributed by atoms with Crippen molar-refractivity contribution in [1.29, 1.82) is 0 Å². The van der Waals surface area contributed by atoms with E-state index in [2.05, 4.69) is 25.3 Å². The molecule has 166 valence electrons. The number of halogens is 3. The number of hydrogen-bond acceptors (Lipinski definition) is 6. The zero-order valence-corrected chi connectivity index (χ0v) is 16.7. The number of amides is 1. The fourth-order valence-corrected chi connectivity index (χ4v) is 3.12. The molecule has 12 heteroatoms. The number of pyridine rings is 1. The van der Waals surface area contributed by atoms with E-state index in [1.165, 1.54) is 18.5 Å². The Morgan fingerprint density at radius 2 is 2.10 bits per heavy atom. The second-order valence-electron chi connectivity index (χ2n) is 7.37. The number of nitrogens with one attached hydrogen (secondary N) is 3. The summed E-state index contributed by atoms with van der Waals surface area (Å²) in [5, 5.41) is 14.6. The molecule has 0 radical (unpaired) electrons. The van der Waals surface area contributed by atoms with Gasteiger partial charge in [0.05, 0.1) is 23.9 Å². The minimum atomic E-state index is -4.50. The van der Waals surface area contributed by atoms with Gasteiger partial charge in [0.15, 0.2) is 0 Å². The predicted octanol–water partition coefficient (Wildman–Crippen LogP) is 1.75. The minimum Gasteiger partial charge on any atom is -0.478 e. The first-order valence-corrected chi connectivity index (χ1v) is 9.44. The first kappa shape index (κ1) is 22.4. The molecule has 0 aliphatic carbocycles. The summed E-state index contributed by atoms with van der Waals surface area (Å²) in [6, 6.07) is 0.555. The van der Waals surface area contributed by atoms with Gasteiger partial charge in [-0.1, -0.05) is 13.8 Å². The van der Waals surface area contributed by atoms with Gasteiger partial charge in [0.2, 0.25) is 5.91 Å². The SMILES string of the molecule is CC(C)C(NC1CN=CC(c2c[nH]c3ncc(C(=O)O)cc23)=N1)C(=O)NCC(F)(F)F. The van der Waals surface area contributed by atoms with Crippen molar-refractivity contribution >= 4 is 34.8 Å². The van der Waals surface area contributed by atoms with E-state index in [0.29, 0.717) is 22.3 Å². The van der Waals surface area contributed by atoms with Crippen LogP contribution in [0.1, 0.15) is 29.8 Å². The van der Waals surface area contributed by atoms with Crippen molar-refractivity contribution in [3.8, 4) is 0 Å². The quantitative estimate of drug-likeness (QED) is 0.523. The second kappa shape index (κ2) is 8.84. The minimum absolute atomic E-state index is 0.0116. The Hall–Kier alpha value is -3.28. The van der Waals surface area contributed by atoms with Gasteiger partial charge < -0.3 is 15.4 Å². The largest absolute Gasteiger partial charge is 0.478 e. The van der Waals surface area contributed by atoms with E-state index in [9.17, 15) is 27.9 Å². The third-order valence-electron chi connectivity index (χ3n) is 4.62. The van der Waals surface area contributed by atoms with Crippen molar-refractivity contribution in [2.24, 2.45) is 15.9 Å². The van der Waals surface area contributed by atoms with Gasteiger partial charge in [-0.2, -0.15) is 13.2 Å². The fraction of sp³-hybridized carbons (Fsp3) is 0.421. The van der Waals surface area contributed by atoms with Crippen LogP contribution >= 0.6 is 0 Å². The Morgan fingerprint density at radius 3 is 2.74 bits per heavy atom. The normalized spacial score (nSPS) is 17.6. The molecule has 2 aromatic rings. The molecule has 3 rings (SSSR count).